The highest BCUT2D eigenvalue weighted by atomic mass is 35.5. The molecule has 0 bridgehead atoms. The molecule has 164 valence electrons. The van der Waals surface area contributed by atoms with E-state index in [1.165, 1.54) is 18.2 Å². The Hall–Kier alpha value is -3.30. The molecule has 0 radical (unpaired) electrons. The van der Waals surface area contributed by atoms with Crippen LogP contribution in [0.15, 0.2) is 53.1 Å². The van der Waals surface area contributed by atoms with Crippen LogP contribution in [0.25, 0.3) is 0 Å². The number of nitrogens with two attached hydrogens (primary N) is 1. The SMILES string of the molecule is Cc1cc(C)c([C@H]2C(C#N)=C(N)OC3=C2C(=O)CCC3)cc1COc1ccc(F)cc1Cl. The van der Waals surface area contributed by atoms with Gasteiger partial charge in [0.1, 0.15) is 35.6 Å². The smallest absolute Gasteiger partial charge is 0.205 e. The Bertz CT molecular complexity index is 1230. The molecular weight excluding hydrogens is 431 g/mol. The highest BCUT2D eigenvalue weighted by Crippen LogP contribution is 2.44. The Balaban J connectivity index is 1.75. The number of hydrogen-bond donors (Lipinski definition) is 1. The van der Waals surface area contributed by atoms with Crippen LogP contribution in [-0.4, -0.2) is 5.78 Å². The van der Waals surface area contributed by atoms with Crippen LogP contribution >= 0.6 is 11.6 Å². The molecule has 0 fully saturated rings. The van der Waals surface area contributed by atoms with Crippen molar-refractivity contribution in [1.82, 2.24) is 0 Å². The number of rotatable bonds is 4. The minimum absolute atomic E-state index is 0.0210. The first kappa shape index (κ1) is 21.9. The summed E-state index contributed by atoms with van der Waals surface area (Å²) in [5.74, 6) is -0.0709. The van der Waals surface area contributed by atoms with Gasteiger partial charge in [-0.1, -0.05) is 23.7 Å². The van der Waals surface area contributed by atoms with E-state index in [4.69, 9.17) is 26.8 Å². The average molecular weight is 453 g/mol. The van der Waals surface area contributed by atoms with Crippen LogP contribution in [0.5, 0.6) is 5.75 Å². The number of carbonyl (C=O) groups is 1. The number of hydrogen-bond acceptors (Lipinski definition) is 5. The summed E-state index contributed by atoms with van der Waals surface area (Å²) in [4.78, 5) is 12.8. The first-order valence-electron chi connectivity index (χ1n) is 10.3. The molecular formula is C25H22ClFN2O3. The van der Waals surface area contributed by atoms with Gasteiger partial charge in [0.25, 0.3) is 0 Å². The molecule has 1 aliphatic carbocycles. The van der Waals surface area contributed by atoms with Crippen LogP contribution in [0.2, 0.25) is 5.02 Å². The van der Waals surface area contributed by atoms with Crippen molar-refractivity contribution < 1.29 is 18.7 Å². The fraction of sp³-hybridized carbons (Fsp3) is 0.280. The number of carbonyl (C=O) groups excluding carboxylic acids is 1. The van der Waals surface area contributed by atoms with Gasteiger partial charge in [0.05, 0.1) is 10.9 Å². The van der Waals surface area contributed by atoms with Gasteiger partial charge in [-0.25, -0.2) is 4.39 Å². The van der Waals surface area contributed by atoms with Gasteiger partial charge >= 0.3 is 0 Å². The number of allylic oxidation sites excluding steroid dienone is 3. The highest BCUT2D eigenvalue weighted by Gasteiger charge is 2.38. The van der Waals surface area contributed by atoms with Gasteiger partial charge in [-0.15, -0.1) is 0 Å². The summed E-state index contributed by atoms with van der Waals surface area (Å²) in [6.45, 7) is 4.09. The van der Waals surface area contributed by atoms with Crippen LogP contribution in [0.1, 0.15) is 47.4 Å². The molecule has 2 aliphatic rings. The zero-order chi connectivity index (χ0) is 23.0. The second kappa shape index (κ2) is 8.68. The Kier molecular flexibility index (Phi) is 5.94. The quantitative estimate of drug-likeness (QED) is 0.662. The Morgan fingerprint density at radius 2 is 2.03 bits per heavy atom. The van der Waals surface area contributed by atoms with E-state index in [0.717, 1.165) is 22.3 Å². The lowest BCUT2D eigenvalue weighted by molar-refractivity contribution is -0.116. The molecule has 1 aliphatic heterocycles. The van der Waals surface area contributed by atoms with Crippen molar-refractivity contribution in [1.29, 1.82) is 5.26 Å². The van der Waals surface area contributed by atoms with Gasteiger partial charge in [0, 0.05) is 18.4 Å². The van der Waals surface area contributed by atoms with E-state index in [9.17, 15) is 14.4 Å². The molecule has 0 saturated carbocycles. The molecule has 7 heteroatoms. The predicted octanol–water partition coefficient (Wildman–Crippen LogP) is 5.49. The summed E-state index contributed by atoms with van der Waals surface area (Å²) < 4.78 is 24.8. The summed E-state index contributed by atoms with van der Waals surface area (Å²) in [6, 6.07) is 10.0. The Morgan fingerprint density at radius 1 is 1.25 bits per heavy atom. The third kappa shape index (κ3) is 3.96. The number of nitriles is 1. The monoisotopic (exact) mass is 452 g/mol. The number of aryl methyl sites for hydroxylation is 2. The first-order chi connectivity index (χ1) is 15.3. The van der Waals surface area contributed by atoms with Crippen LogP contribution in [-0.2, 0) is 16.1 Å². The summed E-state index contributed by atoms with van der Waals surface area (Å²) in [5, 5.41) is 10.0. The van der Waals surface area contributed by atoms with Gasteiger partial charge in [-0.05, 0) is 60.7 Å². The average Bonchev–Trinajstić information content (AvgIpc) is 2.73. The van der Waals surface area contributed by atoms with E-state index in [-0.39, 0.29) is 28.9 Å². The molecule has 0 unspecified atom stereocenters. The van der Waals surface area contributed by atoms with Crippen molar-refractivity contribution in [3.8, 4) is 11.8 Å². The van der Waals surface area contributed by atoms with Gasteiger partial charge in [0.15, 0.2) is 5.78 Å². The molecule has 0 aromatic heterocycles. The first-order valence-corrected chi connectivity index (χ1v) is 10.7. The second-order valence-electron chi connectivity index (χ2n) is 8.04. The van der Waals surface area contributed by atoms with Crippen molar-refractivity contribution in [2.24, 2.45) is 5.73 Å². The van der Waals surface area contributed by atoms with Crippen molar-refractivity contribution in [2.45, 2.75) is 45.6 Å². The minimum Gasteiger partial charge on any atom is -0.487 e. The van der Waals surface area contributed by atoms with Crippen molar-refractivity contribution >= 4 is 17.4 Å². The van der Waals surface area contributed by atoms with Crippen molar-refractivity contribution in [3.63, 3.8) is 0 Å². The van der Waals surface area contributed by atoms with E-state index < -0.39 is 11.7 Å². The standard InChI is InChI=1S/C25H22ClFN2O3/c1-13-8-14(2)17(9-15(13)12-31-21-7-6-16(27)10-19(21)26)23-18(11-28)25(29)32-22-5-3-4-20(30)24(22)23/h6-10,23H,3-5,12,29H2,1-2H3/t23-/m0/s1. The maximum absolute atomic E-state index is 13.3. The van der Waals surface area contributed by atoms with Crippen LogP contribution < -0.4 is 10.5 Å². The van der Waals surface area contributed by atoms with E-state index in [0.29, 0.717) is 36.3 Å². The van der Waals surface area contributed by atoms with Gasteiger partial charge in [-0.3, -0.25) is 4.79 Å². The molecule has 2 aromatic carbocycles. The maximum atomic E-state index is 13.3. The van der Waals surface area contributed by atoms with Crippen LogP contribution in [0, 0.1) is 31.0 Å². The minimum atomic E-state index is -0.578. The number of nitrogens with zero attached hydrogens (tertiary/aromatic N) is 1. The van der Waals surface area contributed by atoms with Crippen LogP contribution in [0.4, 0.5) is 4.39 Å². The number of benzene rings is 2. The summed E-state index contributed by atoms with van der Waals surface area (Å²) in [5.41, 5.74) is 10.4. The predicted molar refractivity (Wildman–Crippen MR) is 118 cm³/mol. The normalized spacial score (nSPS) is 18.2. The lowest BCUT2D eigenvalue weighted by Gasteiger charge is -2.32. The van der Waals surface area contributed by atoms with E-state index >= 15 is 0 Å². The van der Waals surface area contributed by atoms with Gasteiger partial charge in [-0.2, -0.15) is 5.26 Å². The van der Waals surface area contributed by atoms with Gasteiger partial charge in [0.2, 0.25) is 5.88 Å². The molecule has 32 heavy (non-hydrogen) atoms. The number of Topliss-reactive ketones (excluding diaryl/α,β-unsaturated/α-hetero) is 1. The maximum Gasteiger partial charge on any atom is 0.205 e. The lowest BCUT2D eigenvalue weighted by Crippen LogP contribution is -2.28. The fourth-order valence-electron chi connectivity index (χ4n) is 4.30. The molecule has 0 amide bonds. The molecule has 1 atom stereocenters. The van der Waals surface area contributed by atoms with E-state index in [1.807, 2.05) is 26.0 Å². The molecule has 4 rings (SSSR count). The van der Waals surface area contributed by atoms with Gasteiger partial charge < -0.3 is 15.2 Å². The third-order valence-electron chi connectivity index (χ3n) is 5.92. The molecule has 5 nitrogen and oxygen atoms in total. The summed E-state index contributed by atoms with van der Waals surface area (Å²) in [6.07, 6.45) is 1.73. The topological polar surface area (TPSA) is 85.3 Å². The zero-order valence-corrected chi connectivity index (χ0v) is 18.6. The van der Waals surface area contributed by atoms with E-state index in [2.05, 4.69) is 6.07 Å². The van der Waals surface area contributed by atoms with Crippen LogP contribution in [0.3, 0.4) is 0 Å². The summed E-state index contributed by atoms with van der Waals surface area (Å²) in [7, 11) is 0. The van der Waals surface area contributed by atoms with Crippen molar-refractivity contribution in [3.05, 3.63) is 86.2 Å². The molecule has 0 spiro atoms. The number of halogens is 2. The summed E-state index contributed by atoms with van der Waals surface area (Å²) >= 11 is 6.08. The molecule has 1 heterocycles. The molecule has 0 saturated heterocycles. The molecule has 2 N–H and O–H groups in total. The highest BCUT2D eigenvalue weighted by molar-refractivity contribution is 6.32. The second-order valence-corrected chi connectivity index (χ2v) is 8.44. The molecule has 2 aromatic rings. The number of ether oxygens (including phenoxy) is 2. The van der Waals surface area contributed by atoms with Crippen molar-refractivity contribution in [2.75, 3.05) is 0 Å². The fourth-order valence-corrected chi connectivity index (χ4v) is 4.52. The Labute approximate surface area is 190 Å². The lowest BCUT2D eigenvalue weighted by atomic mass is 9.75. The zero-order valence-electron chi connectivity index (χ0n) is 17.8. The third-order valence-corrected chi connectivity index (χ3v) is 6.21. The Morgan fingerprint density at radius 3 is 2.75 bits per heavy atom. The number of ketones is 1. The largest absolute Gasteiger partial charge is 0.487 e. The van der Waals surface area contributed by atoms with E-state index in [1.54, 1.807) is 0 Å².